The molecule has 0 fully saturated rings. The highest BCUT2D eigenvalue weighted by atomic mass is 16.5. The highest BCUT2D eigenvalue weighted by molar-refractivity contribution is 6.00. The van der Waals surface area contributed by atoms with Gasteiger partial charge < -0.3 is 15.4 Å². The Labute approximate surface area is 151 Å². The molecule has 0 radical (unpaired) electrons. The summed E-state index contributed by atoms with van der Waals surface area (Å²) in [5.74, 6) is -1.36. The van der Waals surface area contributed by atoms with Crippen molar-refractivity contribution in [3.63, 3.8) is 0 Å². The minimum Gasteiger partial charge on any atom is -0.449 e. The number of ether oxygens (including phenoxy) is 1. The van der Waals surface area contributed by atoms with Crippen molar-refractivity contribution < 1.29 is 19.1 Å². The first-order valence-corrected chi connectivity index (χ1v) is 8.22. The molecule has 0 aliphatic heterocycles. The Morgan fingerprint density at radius 2 is 1.65 bits per heavy atom. The molecule has 0 aliphatic carbocycles. The maximum atomic E-state index is 12.4. The van der Waals surface area contributed by atoms with Gasteiger partial charge in [0, 0.05) is 12.2 Å². The van der Waals surface area contributed by atoms with Crippen molar-refractivity contribution in [3.8, 4) is 0 Å². The van der Waals surface area contributed by atoms with E-state index in [1.807, 2.05) is 30.3 Å². The molecule has 7 nitrogen and oxygen atoms in total. The van der Waals surface area contributed by atoms with Gasteiger partial charge in [-0.3, -0.25) is 10.1 Å². The van der Waals surface area contributed by atoms with Crippen LogP contribution in [-0.4, -0.2) is 30.6 Å². The minimum absolute atomic E-state index is 0.286. The van der Waals surface area contributed by atoms with Crippen LogP contribution >= 0.6 is 0 Å². The molecule has 0 aliphatic rings. The van der Waals surface area contributed by atoms with E-state index in [1.54, 1.807) is 31.2 Å². The number of nitrogens with one attached hydrogen (secondary N) is 3. The van der Waals surface area contributed by atoms with Gasteiger partial charge in [0.2, 0.25) is 0 Å². The van der Waals surface area contributed by atoms with Crippen molar-refractivity contribution in [2.75, 3.05) is 11.9 Å². The quantitative estimate of drug-likeness (QED) is 0.693. The number of para-hydroxylation sites is 2. The number of benzene rings is 2. The monoisotopic (exact) mass is 355 g/mol. The molecule has 2 rings (SSSR count). The van der Waals surface area contributed by atoms with Crippen LogP contribution in [0.2, 0.25) is 0 Å². The molecule has 0 saturated heterocycles. The summed E-state index contributed by atoms with van der Waals surface area (Å²) in [5, 5.41) is 7.68. The van der Waals surface area contributed by atoms with Crippen LogP contribution in [0.1, 0.15) is 24.2 Å². The Balaban J connectivity index is 2.05. The van der Waals surface area contributed by atoms with Crippen LogP contribution in [0.15, 0.2) is 54.6 Å². The van der Waals surface area contributed by atoms with Crippen LogP contribution in [0.25, 0.3) is 0 Å². The number of urea groups is 1. The third kappa shape index (κ3) is 5.34. The lowest BCUT2D eigenvalue weighted by Crippen LogP contribution is -2.44. The van der Waals surface area contributed by atoms with Gasteiger partial charge in [0.1, 0.15) is 0 Å². The Morgan fingerprint density at radius 3 is 2.35 bits per heavy atom. The summed E-state index contributed by atoms with van der Waals surface area (Å²) in [6, 6.07) is 15.6. The van der Waals surface area contributed by atoms with E-state index in [0.29, 0.717) is 12.2 Å². The third-order valence-corrected chi connectivity index (χ3v) is 3.43. The average Bonchev–Trinajstić information content (AvgIpc) is 2.63. The number of imide groups is 1. The highest BCUT2D eigenvalue weighted by Gasteiger charge is 2.22. The smallest absolute Gasteiger partial charge is 0.341 e. The molecule has 136 valence electrons. The number of carbonyl (C=O) groups excluding carboxylic acids is 3. The summed E-state index contributed by atoms with van der Waals surface area (Å²) < 4.78 is 5.18. The van der Waals surface area contributed by atoms with Gasteiger partial charge in [0.15, 0.2) is 6.10 Å². The molecule has 0 spiro atoms. The fourth-order valence-corrected chi connectivity index (χ4v) is 2.14. The summed E-state index contributed by atoms with van der Waals surface area (Å²) in [7, 11) is 0. The molecule has 26 heavy (non-hydrogen) atoms. The van der Waals surface area contributed by atoms with Crippen molar-refractivity contribution in [1.82, 2.24) is 10.6 Å². The molecular weight excluding hydrogens is 334 g/mol. The zero-order valence-electron chi connectivity index (χ0n) is 14.6. The predicted octanol–water partition coefficient (Wildman–Crippen LogP) is 2.82. The lowest BCUT2D eigenvalue weighted by Gasteiger charge is -2.15. The van der Waals surface area contributed by atoms with E-state index in [9.17, 15) is 14.4 Å². The van der Waals surface area contributed by atoms with Crippen molar-refractivity contribution in [3.05, 3.63) is 60.2 Å². The van der Waals surface area contributed by atoms with E-state index in [0.717, 1.165) is 5.69 Å². The largest absolute Gasteiger partial charge is 0.449 e. The maximum Gasteiger partial charge on any atom is 0.341 e. The predicted molar refractivity (Wildman–Crippen MR) is 98.3 cm³/mol. The van der Waals surface area contributed by atoms with Crippen LogP contribution in [0.5, 0.6) is 0 Å². The highest BCUT2D eigenvalue weighted by Crippen LogP contribution is 2.21. The van der Waals surface area contributed by atoms with E-state index in [-0.39, 0.29) is 5.56 Å². The molecule has 3 amide bonds. The van der Waals surface area contributed by atoms with Crippen LogP contribution in [-0.2, 0) is 9.53 Å². The zero-order valence-corrected chi connectivity index (χ0v) is 14.6. The van der Waals surface area contributed by atoms with Crippen molar-refractivity contribution >= 4 is 29.3 Å². The number of rotatable bonds is 6. The lowest BCUT2D eigenvalue weighted by atomic mass is 10.1. The van der Waals surface area contributed by atoms with Gasteiger partial charge in [0.05, 0.1) is 11.3 Å². The number of esters is 1. The number of hydrogen-bond acceptors (Lipinski definition) is 5. The Kier molecular flexibility index (Phi) is 6.73. The molecule has 1 atom stereocenters. The Hall–Kier alpha value is -3.35. The molecule has 0 bridgehead atoms. The maximum absolute atomic E-state index is 12.4. The second kappa shape index (κ2) is 9.22. The van der Waals surface area contributed by atoms with Crippen molar-refractivity contribution in [2.45, 2.75) is 20.0 Å². The lowest BCUT2D eigenvalue weighted by molar-refractivity contribution is -0.127. The summed E-state index contributed by atoms with van der Waals surface area (Å²) in [4.78, 5) is 35.7. The van der Waals surface area contributed by atoms with E-state index >= 15 is 0 Å². The van der Waals surface area contributed by atoms with Crippen LogP contribution < -0.4 is 16.0 Å². The summed E-state index contributed by atoms with van der Waals surface area (Å²) in [6.45, 7) is 3.51. The summed E-state index contributed by atoms with van der Waals surface area (Å²) >= 11 is 0. The van der Waals surface area contributed by atoms with Gasteiger partial charge in [-0.25, -0.2) is 9.59 Å². The topological polar surface area (TPSA) is 96.5 Å². The molecule has 2 aromatic rings. The minimum atomic E-state index is -1.12. The molecule has 0 heterocycles. The fraction of sp³-hybridized carbons (Fsp3) is 0.211. The van der Waals surface area contributed by atoms with Gasteiger partial charge in [-0.2, -0.15) is 0 Å². The average molecular weight is 355 g/mol. The molecule has 3 N–H and O–H groups in total. The number of amides is 3. The number of anilines is 2. The number of carbonyl (C=O) groups is 3. The van der Waals surface area contributed by atoms with Crippen molar-refractivity contribution in [2.24, 2.45) is 0 Å². The number of hydrogen-bond donors (Lipinski definition) is 3. The zero-order chi connectivity index (χ0) is 18.9. The van der Waals surface area contributed by atoms with Gasteiger partial charge in [-0.1, -0.05) is 30.3 Å². The SMILES string of the molecule is CCNC(=O)NC(=O)[C@H](C)OC(=O)c1ccccc1Nc1ccccc1. The molecular formula is C19H21N3O4. The van der Waals surface area contributed by atoms with E-state index in [2.05, 4.69) is 16.0 Å². The van der Waals surface area contributed by atoms with Gasteiger partial charge in [-0.05, 0) is 38.1 Å². The fourth-order valence-electron chi connectivity index (χ4n) is 2.14. The van der Waals surface area contributed by atoms with Gasteiger partial charge in [-0.15, -0.1) is 0 Å². The molecule has 7 heteroatoms. The van der Waals surface area contributed by atoms with Crippen LogP contribution in [0.3, 0.4) is 0 Å². The second-order valence-corrected chi connectivity index (χ2v) is 5.43. The summed E-state index contributed by atoms with van der Waals surface area (Å²) in [5.41, 5.74) is 1.66. The van der Waals surface area contributed by atoms with Crippen LogP contribution in [0.4, 0.5) is 16.2 Å². The van der Waals surface area contributed by atoms with Crippen molar-refractivity contribution in [1.29, 1.82) is 0 Å². The first-order valence-electron chi connectivity index (χ1n) is 8.22. The van der Waals surface area contributed by atoms with E-state index in [1.165, 1.54) is 6.92 Å². The van der Waals surface area contributed by atoms with Gasteiger partial charge in [0.25, 0.3) is 5.91 Å². The molecule has 2 aromatic carbocycles. The normalized spacial score (nSPS) is 11.2. The standard InChI is InChI=1S/C19H21N3O4/c1-3-20-19(25)22-17(23)13(2)26-18(24)15-11-7-8-12-16(15)21-14-9-5-4-6-10-14/h4-13,21H,3H2,1-2H3,(H2,20,22,23,25)/t13-/m0/s1. The summed E-state index contributed by atoms with van der Waals surface area (Å²) in [6.07, 6.45) is -1.12. The molecule has 0 aromatic heterocycles. The van der Waals surface area contributed by atoms with Gasteiger partial charge >= 0.3 is 12.0 Å². The second-order valence-electron chi connectivity index (χ2n) is 5.43. The van der Waals surface area contributed by atoms with Crippen LogP contribution in [0, 0.1) is 0 Å². The Bertz CT molecular complexity index is 777. The van der Waals surface area contributed by atoms with E-state index in [4.69, 9.17) is 4.74 Å². The molecule has 0 saturated carbocycles. The third-order valence-electron chi connectivity index (χ3n) is 3.43. The first kappa shape index (κ1) is 19.0. The first-order chi connectivity index (χ1) is 12.5. The Morgan fingerprint density at radius 1 is 1.00 bits per heavy atom. The van der Waals surface area contributed by atoms with E-state index < -0.39 is 24.0 Å². The molecule has 0 unspecified atom stereocenters.